The minimum Gasteiger partial charge on any atom is -0.507 e. The van der Waals surface area contributed by atoms with Crippen molar-refractivity contribution in [2.24, 2.45) is 5.73 Å². The molecule has 13 heavy (non-hydrogen) atoms. The highest BCUT2D eigenvalue weighted by Crippen LogP contribution is 2.26. The predicted octanol–water partition coefficient (Wildman–Crippen LogP) is 1.33. The summed E-state index contributed by atoms with van der Waals surface area (Å²) in [4.78, 5) is 11.0. The minimum atomic E-state index is -0.933. The van der Waals surface area contributed by atoms with Gasteiger partial charge in [0.2, 0.25) is 0 Å². The lowest BCUT2D eigenvalue weighted by Gasteiger charge is -2.04. The van der Waals surface area contributed by atoms with E-state index in [1.165, 1.54) is 6.07 Å². The van der Waals surface area contributed by atoms with Crippen molar-refractivity contribution >= 4 is 17.4 Å². The van der Waals surface area contributed by atoms with Crippen molar-refractivity contribution in [3.8, 4) is 5.75 Å². The Kier molecular flexibility index (Phi) is 2.85. The number of rotatable bonds is 2. The number of hydrogen-bond acceptors (Lipinski definition) is 3. The third kappa shape index (κ3) is 1.79. The van der Waals surface area contributed by atoms with Gasteiger partial charge in [-0.15, -0.1) is 0 Å². The lowest BCUT2D eigenvalue weighted by Crippen LogP contribution is -2.15. The average Bonchev–Trinajstić information content (AvgIpc) is 2.12. The lowest BCUT2D eigenvalue weighted by atomic mass is 10.1. The molecule has 1 rings (SSSR count). The maximum absolute atomic E-state index is 13.1. The van der Waals surface area contributed by atoms with Crippen LogP contribution < -0.4 is 5.73 Å². The summed E-state index contributed by atoms with van der Waals surface area (Å²) >= 11 is 5.41. The second kappa shape index (κ2) is 3.72. The molecule has 0 aliphatic heterocycles. The molecule has 3 nitrogen and oxygen atoms in total. The van der Waals surface area contributed by atoms with Crippen molar-refractivity contribution in [3.05, 3.63) is 28.5 Å². The van der Waals surface area contributed by atoms with Crippen molar-refractivity contribution in [1.82, 2.24) is 0 Å². The highest BCUT2D eigenvalue weighted by atomic mass is 35.5. The Morgan fingerprint density at radius 1 is 1.62 bits per heavy atom. The summed E-state index contributed by atoms with van der Waals surface area (Å²) in [5.41, 5.74) is 4.57. The number of carbonyl (C=O) groups excluding carboxylic acids is 1. The van der Waals surface area contributed by atoms with Gasteiger partial charge in [0.1, 0.15) is 5.75 Å². The monoisotopic (exact) mass is 203 g/mol. The van der Waals surface area contributed by atoms with Gasteiger partial charge in [0.25, 0.3) is 0 Å². The van der Waals surface area contributed by atoms with Crippen molar-refractivity contribution in [3.63, 3.8) is 0 Å². The van der Waals surface area contributed by atoms with E-state index in [0.717, 1.165) is 6.07 Å². The van der Waals surface area contributed by atoms with Crippen LogP contribution in [0, 0.1) is 5.82 Å². The first-order valence-electron chi connectivity index (χ1n) is 3.48. The van der Waals surface area contributed by atoms with E-state index >= 15 is 0 Å². The second-order valence-corrected chi connectivity index (χ2v) is 2.79. The highest BCUT2D eigenvalue weighted by Gasteiger charge is 2.17. The van der Waals surface area contributed by atoms with Crippen LogP contribution in [-0.2, 0) is 0 Å². The molecule has 0 atom stereocenters. The summed E-state index contributed by atoms with van der Waals surface area (Å²) in [7, 11) is 0. The number of nitrogens with two attached hydrogens (primary N) is 1. The van der Waals surface area contributed by atoms with E-state index in [-0.39, 0.29) is 11.6 Å². The Balaban J connectivity index is 3.33. The molecule has 0 unspecified atom stereocenters. The summed E-state index contributed by atoms with van der Waals surface area (Å²) in [5.74, 6) is -2.06. The van der Waals surface area contributed by atoms with Gasteiger partial charge >= 0.3 is 0 Å². The lowest BCUT2D eigenvalue weighted by molar-refractivity contribution is 0.0995. The van der Waals surface area contributed by atoms with Gasteiger partial charge < -0.3 is 10.8 Å². The Hall–Kier alpha value is -1.13. The normalized spacial score (nSPS) is 10.1. The number of ketones is 1. The van der Waals surface area contributed by atoms with E-state index in [4.69, 9.17) is 22.4 Å². The molecule has 0 amide bonds. The molecule has 0 saturated heterocycles. The molecule has 0 spiro atoms. The molecule has 0 fully saturated rings. The van der Waals surface area contributed by atoms with Gasteiger partial charge in [0, 0.05) is 0 Å². The van der Waals surface area contributed by atoms with Crippen LogP contribution in [-0.4, -0.2) is 17.4 Å². The topological polar surface area (TPSA) is 63.3 Å². The number of aromatic hydroxyl groups is 1. The second-order valence-electron chi connectivity index (χ2n) is 2.38. The third-order valence-electron chi connectivity index (χ3n) is 1.54. The molecular formula is C8H7ClFNO2. The zero-order valence-corrected chi connectivity index (χ0v) is 7.31. The maximum Gasteiger partial charge on any atom is 0.183 e. The molecule has 0 saturated carbocycles. The highest BCUT2D eigenvalue weighted by molar-refractivity contribution is 6.31. The summed E-state index contributed by atoms with van der Waals surface area (Å²) in [6.45, 7) is -0.370. The van der Waals surface area contributed by atoms with E-state index in [1.54, 1.807) is 0 Å². The molecule has 1 aromatic carbocycles. The zero-order chi connectivity index (χ0) is 10.0. The van der Waals surface area contributed by atoms with Gasteiger partial charge in [-0.3, -0.25) is 4.79 Å². The molecule has 3 N–H and O–H groups in total. The number of phenols is 1. The Morgan fingerprint density at radius 3 is 2.77 bits per heavy atom. The SMILES string of the molecule is NCC(=O)c1c(O)ccc(Cl)c1F. The van der Waals surface area contributed by atoms with E-state index in [2.05, 4.69) is 0 Å². The van der Waals surface area contributed by atoms with Crippen molar-refractivity contribution in [2.45, 2.75) is 0 Å². The van der Waals surface area contributed by atoms with Gasteiger partial charge in [-0.1, -0.05) is 11.6 Å². The van der Waals surface area contributed by atoms with E-state index in [9.17, 15) is 9.18 Å². The number of halogens is 2. The predicted molar refractivity (Wildman–Crippen MR) is 46.5 cm³/mol. The molecule has 0 aromatic heterocycles. The Morgan fingerprint density at radius 2 is 2.23 bits per heavy atom. The van der Waals surface area contributed by atoms with Crippen LogP contribution in [0.15, 0.2) is 12.1 Å². The maximum atomic E-state index is 13.1. The summed E-state index contributed by atoms with van der Waals surface area (Å²) < 4.78 is 13.1. The van der Waals surface area contributed by atoms with E-state index < -0.39 is 22.9 Å². The van der Waals surface area contributed by atoms with Crippen LogP contribution in [0.1, 0.15) is 10.4 Å². The standard InChI is InChI=1S/C8H7ClFNO2/c9-4-1-2-5(12)7(8(4)10)6(13)3-11/h1-2,12H,3,11H2. The number of hydrogen-bond donors (Lipinski definition) is 2. The Labute approximate surface area is 78.9 Å². The molecule has 0 aliphatic rings. The molecule has 0 aliphatic carbocycles. The molecule has 5 heteroatoms. The van der Waals surface area contributed by atoms with Gasteiger partial charge in [0.05, 0.1) is 17.1 Å². The summed E-state index contributed by atoms with van der Waals surface area (Å²) in [5, 5.41) is 8.93. The molecule has 0 radical (unpaired) electrons. The quantitative estimate of drug-likeness (QED) is 0.713. The van der Waals surface area contributed by atoms with Crippen LogP contribution in [0.25, 0.3) is 0 Å². The summed E-state index contributed by atoms with van der Waals surface area (Å²) in [6.07, 6.45) is 0. The van der Waals surface area contributed by atoms with Crippen LogP contribution in [0.5, 0.6) is 5.75 Å². The molecular weight excluding hydrogens is 197 g/mol. The Bertz CT molecular complexity index is 354. The van der Waals surface area contributed by atoms with Gasteiger partial charge in [-0.25, -0.2) is 4.39 Å². The number of Topliss-reactive ketones (excluding diaryl/α,β-unsaturated/α-hetero) is 1. The molecule has 0 heterocycles. The van der Waals surface area contributed by atoms with E-state index in [1.807, 2.05) is 0 Å². The van der Waals surface area contributed by atoms with Gasteiger partial charge in [0.15, 0.2) is 11.6 Å². The van der Waals surface area contributed by atoms with Gasteiger partial charge in [-0.05, 0) is 12.1 Å². The van der Waals surface area contributed by atoms with Crippen LogP contribution in [0.2, 0.25) is 5.02 Å². The number of benzene rings is 1. The first kappa shape index (κ1) is 9.95. The molecule has 70 valence electrons. The molecule has 1 aromatic rings. The van der Waals surface area contributed by atoms with Crippen LogP contribution in [0.3, 0.4) is 0 Å². The fourth-order valence-electron chi connectivity index (χ4n) is 0.908. The van der Waals surface area contributed by atoms with E-state index in [0.29, 0.717) is 0 Å². The van der Waals surface area contributed by atoms with Crippen molar-refractivity contribution < 1.29 is 14.3 Å². The summed E-state index contributed by atoms with van der Waals surface area (Å²) in [6, 6.07) is 2.31. The fraction of sp³-hybridized carbons (Fsp3) is 0.125. The average molecular weight is 204 g/mol. The van der Waals surface area contributed by atoms with Crippen molar-refractivity contribution in [2.75, 3.05) is 6.54 Å². The largest absolute Gasteiger partial charge is 0.507 e. The number of carbonyl (C=O) groups is 1. The molecule has 0 bridgehead atoms. The van der Waals surface area contributed by atoms with Crippen molar-refractivity contribution in [1.29, 1.82) is 0 Å². The number of phenolic OH excluding ortho intramolecular Hbond substituents is 1. The smallest absolute Gasteiger partial charge is 0.183 e. The third-order valence-corrected chi connectivity index (χ3v) is 1.83. The van der Waals surface area contributed by atoms with Crippen LogP contribution >= 0.6 is 11.6 Å². The fourth-order valence-corrected chi connectivity index (χ4v) is 1.07. The first-order valence-corrected chi connectivity index (χ1v) is 3.86. The first-order chi connectivity index (χ1) is 6.07. The minimum absolute atomic E-state index is 0.213. The zero-order valence-electron chi connectivity index (χ0n) is 6.55. The van der Waals surface area contributed by atoms with Gasteiger partial charge in [-0.2, -0.15) is 0 Å². The van der Waals surface area contributed by atoms with Crippen LogP contribution in [0.4, 0.5) is 4.39 Å².